The number of halogens is 1. The van der Waals surface area contributed by atoms with Gasteiger partial charge in [0.25, 0.3) is 0 Å². The lowest BCUT2D eigenvalue weighted by atomic mass is 9.78. The fourth-order valence-electron chi connectivity index (χ4n) is 4.42. The van der Waals surface area contributed by atoms with E-state index in [9.17, 15) is 9.90 Å². The van der Waals surface area contributed by atoms with Gasteiger partial charge in [0.2, 0.25) is 0 Å². The lowest BCUT2D eigenvalue weighted by Crippen LogP contribution is -2.26. The number of anilines is 2. The van der Waals surface area contributed by atoms with Crippen molar-refractivity contribution < 1.29 is 9.90 Å². The average molecular weight is 417 g/mol. The molecular formula is C25H21ClN2O2. The summed E-state index contributed by atoms with van der Waals surface area (Å²) in [4.78, 5) is 13.4. The van der Waals surface area contributed by atoms with Gasteiger partial charge in [-0.05, 0) is 59.9 Å². The zero-order chi connectivity index (χ0) is 20.7. The Balaban J connectivity index is 1.61. The second-order valence-electron chi connectivity index (χ2n) is 7.82. The molecule has 30 heavy (non-hydrogen) atoms. The van der Waals surface area contributed by atoms with Crippen molar-refractivity contribution in [3.05, 3.63) is 100 Å². The highest BCUT2D eigenvalue weighted by Crippen LogP contribution is 2.44. The van der Waals surface area contributed by atoms with Crippen LogP contribution in [0.15, 0.2) is 84.1 Å². The molecule has 0 unspecified atom stereocenters. The van der Waals surface area contributed by atoms with Crippen molar-refractivity contribution in [3.8, 4) is 5.75 Å². The number of allylic oxidation sites excluding steroid dienone is 1. The highest BCUT2D eigenvalue weighted by molar-refractivity contribution is 6.30. The van der Waals surface area contributed by atoms with Crippen LogP contribution in [0.2, 0.25) is 5.02 Å². The van der Waals surface area contributed by atoms with Crippen LogP contribution in [-0.4, -0.2) is 10.9 Å². The first-order valence-electron chi connectivity index (χ1n) is 10.0. The summed E-state index contributed by atoms with van der Waals surface area (Å²) < 4.78 is 0. The fourth-order valence-corrected chi connectivity index (χ4v) is 4.54. The van der Waals surface area contributed by atoms with E-state index in [0.29, 0.717) is 11.4 Å². The van der Waals surface area contributed by atoms with Gasteiger partial charge < -0.3 is 15.7 Å². The van der Waals surface area contributed by atoms with Gasteiger partial charge in [0.1, 0.15) is 5.75 Å². The molecule has 0 amide bonds. The van der Waals surface area contributed by atoms with Gasteiger partial charge in [0.15, 0.2) is 5.78 Å². The molecule has 4 nitrogen and oxygen atoms in total. The van der Waals surface area contributed by atoms with E-state index < -0.39 is 0 Å². The lowest BCUT2D eigenvalue weighted by Gasteiger charge is -2.30. The van der Waals surface area contributed by atoms with Gasteiger partial charge in [-0.15, -0.1) is 0 Å². The van der Waals surface area contributed by atoms with Crippen molar-refractivity contribution in [3.63, 3.8) is 0 Å². The van der Waals surface area contributed by atoms with E-state index in [1.165, 1.54) is 0 Å². The van der Waals surface area contributed by atoms with E-state index >= 15 is 0 Å². The van der Waals surface area contributed by atoms with E-state index in [4.69, 9.17) is 11.6 Å². The maximum atomic E-state index is 13.4. The van der Waals surface area contributed by atoms with Crippen molar-refractivity contribution in [2.24, 2.45) is 0 Å². The molecule has 2 aliphatic rings. The molecule has 3 aromatic carbocycles. The Labute approximate surface area is 180 Å². The Hall–Kier alpha value is -3.24. The molecule has 150 valence electrons. The number of benzene rings is 3. The predicted molar refractivity (Wildman–Crippen MR) is 120 cm³/mol. The van der Waals surface area contributed by atoms with Crippen molar-refractivity contribution in [1.82, 2.24) is 0 Å². The van der Waals surface area contributed by atoms with Crippen LogP contribution < -0.4 is 10.6 Å². The van der Waals surface area contributed by atoms with Crippen molar-refractivity contribution in [2.45, 2.75) is 24.8 Å². The van der Waals surface area contributed by atoms with Gasteiger partial charge in [-0.2, -0.15) is 0 Å². The van der Waals surface area contributed by atoms with Gasteiger partial charge >= 0.3 is 0 Å². The summed E-state index contributed by atoms with van der Waals surface area (Å²) in [5.74, 6) is 0.387. The van der Waals surface area contributed by atoms with Crippen molar-refractivity contribution in [2.75, 3.05) is 10.6 Å². The van der Waals surface area contributed by atoms with E-state index in [1.807, 2.05) is 54.6 Å². The smallest absolute Gasteiger partial charge is 0.163 e. The number of para-hydroxylation sites is 2. The minimum absolute atomic E-state index is 0.0936. The highest BCUT2D eigenvalue weighted by Gasteiger charge is 2.36. The molecule has 3 aromatic rings. The Bertz CT molecular complexity index is 1150. The van der Waals surface area contributed by atoms with Gasteiger partial charge in [0, 0.05) is 22.7 Å². The topological polar surface area (TPSA) is 61.4 Å². The maximum absolute atomic E-state index is 13.4. The Morgan fingerprint density at radius 2 is 1.63 bits per heavy atom. The molecule has 0 saturated carbocycles. The number of hydrogen-bond donors (Lipinski definition) is 3. The summed E-state index contributed by atoms with van der Waals surface area (Å²) in [6.07, 6.45) is 1.17. The minimum Gasteiger partial charge on any atom is -0.508 e. The van der Waals surface area contributed by atoms with Crippen LogP contribution >= 0.6 is 11.6 Å². The van der Waals surface area contributed by atoms with Crippen LogP contribution in [0.1, 0.15) is 35.9 Å². The van der Waals surface area contributed by atoms with E-state index in [-0.39, 0.29) is 23.5 Å². The maximum Gasteiger partial charge on any atom is 0.163 e. The predicted octanol–water partition coefficient (Wildman–Crippen LogP) is 6.03. The van der Waals surface area contributed by atoms with Gasteiger partial charge in [0.05, 0.1) is 17.4 Å². The van der Waals surface area contributed by atoms with Crippen LogP contribution in [-0.2, 0) is 4.79 Å². The second-order valence-corrected chi connectivity index (χ2v) is 8.25. The van der Waals surface area contributed by atoms with Gasteiger partial charge in [-0.3, -0.25) is 4.79 Å². The van der Waals surface area contributed by atoms with Gasteiger partial charge in [-0.1, -0.05) is 48.0 Å². The highest BCUT2D eigenvalue weighted by atomic mass is 35.5. The van der Waals surface area contributed by atoms with Crippen LogP contribution in [0.5, 0.6) is 5.75 Å². The zero-order valence-corrected chi connectivity index (χ0v) is 17.0. The van der Waals surface area contributed by atoms with E-state index in [2.05, 4.69) is 10.6 Å². The number of phenolic OH excluding ortho intramolecular Hbond substituents is 1. The molecule has 0 aromatic heterocycles. The van der Waals surface area contributed by atoms with Crippen LogP contribution in [0.3, 0.4) is 0 Å². The number of carbonyl (C=O) groups excluding carboxylic acids is 1. The molecule has 3 N–H and O–H groups in total. The Morgan fingerprint density at radius 1 is 0.867 bits per heavy atom. The first kappa shape index (κ1) is 18.8. The number of hydrogen-bond acceptors (Lipinski definition) is 4. The number of carbonyl (C=O) groups is 1. The van der Waals surface area contributed by atoms with E-state index in [1.54, 1.807) is 18.2 Å². The summed E-state index contributed by atoms with van der Waals surface area (Å²) in [5.41, 5.74) is 5.51. The third kappa shape index (κ3) is 3.44. The number of ketones is 1. The number of phenols is 1. The normalized spacial score (nSPS) is 20.5. The third-order valence-corrected chi connectivity index (χ3v) is 6.11. The molecule has 5 heteroatoms. The van der Waals surface area contributed by atoms with Gasteiger partial charge in [-0.25, -0.2) is 0 Å². The molecule has 0 saturated heterocycles. The van der Waals surface area contributed by atoms with Crippen LogP contribution in [0.4, 0.5) is 11.4 Å². The summed E-state index contributed by atoms with van der Waals surface area (Å²) >= 11 is 6.05. The van der Waals surface area contributed by atoms with Crippen LogP contribution in [0, 0.1) is 0 Å². The quantitative estimate of drug-likeness (QED) is 0.477. The van der Waals surface area contributed by atoms with Crippen molar-refractivity contribution >= 4 is 28.8 Å². The minimum atomic E-state index is -0.332. The molecule has 1 heterocycles. The average Bonchev–Trinajstić information content (AvgIpc) is 2.91. The summed E-state index contributed by atoms with van der Waals surface area (Å²) in [7, 11) is 0. The molecule has 5 rings (SSSR count). The number of rotatable bonds is 2. The molecule has 1 aliphatic heterocycles. The summed E-state index contributed by atoms with van der Waals surface area (Å²) in [6.45, 7) is 0. The standard InChI is InChI=1S/C25H21ClN2O2/c26-18-10-8-15(9-11-18)17-13-22-24(23(30)14-17)25(16-4-3-5-19(29)12-16)28-21-7-2-1-6-20(21)27-22/h1-12,17,25,27-29H,13-14H2/t17-,25-/m0/s1. The first-order chi connectivity index (χ1) is 14.6. The molecule has 1 aliphatic carbocycles. The Kier molecular flexibility index (Phi) is 4.72. The summed E-state index contributed by atoms with van der Waals surface area (Å²) in [6, 6.07) is 22.5. The molecule has 0 spiro atoms. The molecule has 0 radical (unpaired) electrons. The molecule has 0 fully saturated rings. The van der Waals surface area contributed by atoms with Crippen LogP contribution in [0.25, 0.3) is 0 Å². The largest absolute Gasteiger partial charge is 0.508 e. The number of nitrogens with one attached hydrogen (secondary N) is 2. The molecule has 2 atom stereocenters. The Morgan fingerprint density at radius 3 is 2.40 bits per heavy atom. The summed E-state index contributed by atoms with van der Waals surface area (Å²) in [5, 5.41) is 17.8. The number of Topliss-reactive ketones (excluding diaryl/α,β-unsaturated/α-hetero) is 1. The number of aromatic hydroxyl groups is 1. The van der Waals surface area contributed by atoms with Crippen molar-refractivity contribution in [1.29, 1.82) is 0 Å². The monoisotopic (exact) mass is 416 g/mol. The second kappa shape index (κ2) is 7.54. The molecule has 0 bridgehead atoms. The lowest BCUT2D eigenvalue weighted by molar-refractivity contribution is -0.116. The third-order valence-electron chi connectivity index (χ3n) is 5.85. The number of fused-ring (bicyclic) bond motifs is 1. The molecular weight excluding hydrogens is 396 g/mol. The SMILES string of the molecule is O=C1C[C@@H](c2ccc(Cl)cc2)CC2=C1[C@H](c1cccc(O)c1)Nc1ccccc1N2. The fraction of sp³-hybridized carbons (Fsp3) is 0.160. The van der Waals surface area contributed by atoms with E-state index in [0.717, 1.165) is 40.2 Å². The zero-order valence-electron chi connectivity index (χ0n) is 16.2. The first-order valence-corrected chi connectivity index (χ1v) is 10.4.